The Kier molecular flexibility index (Phi) is 4.99. The van der Waals surface area contributed by atoms with Crippen LogP contribution < -0.4 is 20.1 Å². The lowest BCUT2D eigenvalue weighted by Gasteiger charge is -2.31. The molecule has 1 aliphatic rings. The van der Waals surface area contributed by atoms with Crippen LogP contribution in [0.1, 0.15) is 16.6 Å². The molecule has 0 fully saturated rings. The van der Waals surface area contributed by atoms with Crippen molar-refractivity contribution >= 4 is 34.5 Å². The van der Waals surface area contributed by atoms with Crippen LogP contribution in [0.25, 0.3) is 0 Å². The Morgan fingerprint density at radius 2 is 1.50 bits per heavy atom. The fourth-order valence-electron chi connectivity index (χ4n) is 2.86. The minimum atomic E-state index is -0.756. The van der Waals surface area contributed by atoms with Gasteiger partial charge in [0.15, 0.2) is 11.5 Å². The summed E-state index contributed by atoms with van der Waals surface area (Å²) in [4.78, 5) is 25.3. The molecule has 0 bridgehead atoms. The molecule has 2 amide bonds. The maximum Gasteiger partial charge on any atom is 0.269 e. The number of amides is 2. The highest BCUT2D eigenvalue weighted by Crippen LogP contribution is 2.33. The number of para-hydroxylation sites is 2. The summed E-state index contributed by atoms with van der Waals surface area (Å²) < 4.78 is 11.6. The second kappa shape index (κ2) is 7.74. The molecule has 1 aliphatic heterocycles. The van der Waals surface area contributed by atoms with Crippen molar-refractivity contribution < 1.29 is 19.1 Å². The summed E-state index contributed by atoms with van der Waals surface area (Å²) in [5, 5.41) is 7.50. The summed E-state index contributed by atoms with van der Waals surface area (Å²) in [6.07, 6.45) is -1.17. The van der Waals surface area contributed by atoms with E-state index >= 15 is 0 Å². The van der Waals surface area contributed by atoms with Gasteiger partial charge in [-0.3, -0.25) is 9.59 Å². The minimum Gasteiger partial charge on any atom is -0.482 e. The summed E-state index contributed by atoms with van der Waals surface area (Å²) in [6.45, 7) is 1.80. The van der Waals surface area contributed by atoms with Crippen molar-refractivity contribution in [3.8, 4) is 11.5 Å². The van der Waals surface area contributed by atoms with Crippen molar-refractivity contribution in [2.24, 2.45) is 0 Å². The Morgan fingerprint density at radius 1 is 0.857 bits per heavy atom. The van der Waals surface area contributed by atoms with E-state index in [-0.39, 0.29) is 11.8 Å². The highest BCUT2D eigenvalue weighted by atomic mass is 32.1. The van der Waals surface area contributed by atoms with Crippen molar-refractivity contribution in [2.45, 2.75) is 19.1 Å². The number of hydrogen-bond donors (Lipinski definition) is 2. The van der Waals surface area contributed by atoms with Crippen LogP contribution in [0.2, 0.25) is 0 Å². The van der Waals surface area contributed by atoms with Crippen LogP contribution in [-0.2, 0) is 4.79 Å². The second-order valence-electron chi connectivity index (χ2n) is 6.31. The van der Waals surface area contributed by atoms with Gasteiger partial charge in [0.05, 0.1) is 4.88 Å². The van der Waals surface area contributed by atoms with E-state index in [4.69, 9.17) is 9.47 Å². The fourth-order valence-corrected chi connectivity index (χ4v) is 3.48. The van der Waals surface area contributed by atoms with Gasteiger partial charge in [-0.15, -0.1) is 11.3 Å². The molecule has 2 atom stereocenters. The molecule has 1 aromatic heterocycles. The number of benzene rings is 2. The van der Waals surface area contributed by atoms with Gasteiger partial charge in [-0.2, -0.15) is 0 Å². The number of fused-ring (bicyclic) bond motifs is 1. The average Bonchev–Trinajstić information content (AvgIpc) is 3.24. The summed E-state index contributed by atoms with van der Waals surface area (Å²) in [5.41, 5.74) is 1.25. The third kappa shape index (κ3) is 3.84. The van der Waals surface area contributed by atoms with Crippen LogP contribution in [-0.4, -0.2) is 24.0 Å². The summed E-state index contributed by atoms with van der Waals surface area (Å²) in [5.74, 6) is 0.724. The van der Waals surface area contributed by atoms with Crippen LogP contribution in [0.5, 0.6) is 11.5 Å². The number of carbonyl (C=O) groups excluding carboxylic acids is 2. The molecule has 0 saturated heterocycles. The molecular weight excluding hydrogens is 376 g/mol. The summed E-state index contributed by atoms with van der Waals surface area (Å²) in [7, 11) is 0. The Labute approximate surface area is 166 Å². The Balaban J connectivity index is 1.39. The molecule has 2 unspecified atom stereocenters. The number of nitrogens with one attached hydrogen (secondary N) is 2. The van der Waals surface area contributed by atoms with E-state index in [0.717, 1.165) is 0 Å². The van der Waals surface area contributed by atoms with Crippen molar-refractivity contribution in [3.05, 3.63) is 70.9 Å². The van der Waals surface area contributed by atoms with Gasteiger partial charge in [0.1, 0.15) is 6.10 Å². The summed E-state index contributed by atoms with van der Waals surface area (Å²) in [6, 6.07) is 17.8. The van der Waals surface area contributed by atoms with Gasteiger partial charge in [-0.1, -0.05) is 18.2 Å². The SMILES string of the molecule is CC1Oc2ccccc2OC1C(=O)Nc1ccc(NC(=O)c2cccs2)cc1. The zero-order valence-corrected chi connectivity index (χ0v) is 15.9. The third-order valence-corrected chi connectivity index (χ3v) is 5.12. The first-order valence-corrected chi connectivity index (χ1v) is 9.66. The predicted molar refractivity (Wildman–Crippen MR) is 108 cm³/mol. The first kappa shape index (κ1) is 18.1. The number of ether oxygens (including phenoxy) is 2. The molecule has 3 aromatic rings. The van der Waals surface area contributed by atoms with Gasteiger partial charge >= 0.3 is 0 Å². The molecule has 2 heterocycles. The molecule has 4 rings (SSSR count). The van der Waals surface area contributed by atoms with Gasteiger partial charge in [0, 0.05) is 11.4 Å². The van der Waals surface area contributed by atoms with E-state index < -0.39 is 12.2 Å². The molecule has 6 nitrogen and oxygen atoms in total. The van der Waals surface area contributed by atoms with Gasteiger partial charge in [0.25, 0.3) is 11.8 Å². The van der Waals surface area contributed by atoms with Crippen molar-refractivity contribution in [2.75, 3.05) is 10.6 Å². The van der Waals surface area contributed by atoms with Crippen LogP contribution >= 0.6 is 11.3 Å². The minimum absolute atomic E-state index is 0.160. The zero-order chi connectivity index (χ0) is 19.5. The normalized spacial score (nSPS) is 17.6. The monoisotopic (exact) mass is 394 g/mol. The maximum atomic E-state index is 12.6. The number of anilines is 2. The number of thiophene rings is 1. The van der Waals surface area contributed by atoms with Crippen LogP contribution in [0.15, 0.2) is 66.0 Å². The van der Waals surface area contributed by atoms with Gasteiger partial charge in [-0.05, 0) is 54.8 Å². The van der Waals surface area contributed by atoms with Crippen molar-refractivity contribution in [1.29, 1.82) is 0 Å². The lowest BCUT2D eigenvalue weighted by Crippen LogP contribution is -2.46. The molecule has 0 spiro atoms. The van der Waals surface area contributed by atoms with E-state index in [1.807, 2.05) is 29.6 Å². The molecule has 2 N–H and O–H groups in total. The molecule has 0 saturated carbocycles. The molecule has 2 aromatic carbocycles. The smallest absolute Gasteiger partial charge is 0.269 e. The molecular formula is C21H18N2O4S. The van der Waals surface area contributed by atoms with E-state index in [1.54, 1.807) is 43.3 Å². The Hall–Kier alpha value is -3.32. The van der Waals surface area contributed by atoms with E-state index in [2.05, 4.69) is 10.6 Å². The molecule has 0 aliphatic carbocycles. The maximum absolute atomic E-state index is 12.6. The molecule has 28 heavy (non-hydrogen) atoms. The lowest BCUT2D eigenvalue weighted by atomic mass is 10.1. The van der Waals surface area contributed by atoms with Crippen LogP contribution in [0, 0.1) is 0 Å². The first-order chi connectivity index (χ1) is 13.6. The quantitative estimate of drug-likeness (QED) is 0.696. The number of hydrogen-bond acceptors (Lipinski definition) is 5. The number of carbonyl (C=O) groups is 2. The third-order valence-electron chi connectivity index (χ3n) is 4.26. The Bertz CT molecular complexity index is 986. The zero-order valence-electron chi connectivity index (χ0n) is 15.0. The van der Waals surface area contributed by atoms with Gasteiger partial charge < -0.3 is 20.1 Å². The average molecular weight is 394 g/mol. The van der Waals surface area contributed by atoms with Crippen molar-refractivity contribution in [3.63, 3.8) is 0 Å². The summed E-state index contributed by atoms with van der Waals surface area (Å²) >= 11 is 1.38. The van der Waals surface area contributed by atoms with Crippen LogP contribution in [0.4, 0.5) is 11.4 Å². The fraction of sp³-hybridized carbons (Fsp3) is 0.143. The van der Waals surface area contributed by atoms with Gasteiger partial charge in [0.2, 0.25) is 6.10 Å². The first-order valence-electron chi connectivity index (χ1n) is 8.78. The van der Waals surface area contributed by atoms with E-state index in [0.29, 0.717) is 27.8 Å². The highest BCUT2D eigenvalue weighted by molar-refractivity contribution is 7.12. The topological polar surface area (TPSA) is 76.7 Å². The van der Waals surface area contributed by atoms with E-state index in [1.165, 1.54) is 11.3 Å². The Morgan fingerprint density at radius 3 is 2.14 bits per heavy atom. The molecule has 7 heteroatoms. The van der Waals surface area contributed by atoms with Crippen molar-refractivity contribution in [1.82, 2.24) is 0 Å². The standard InChI is InChI=1S/C21H18N2O4S/c1-13-19(27-17-6-3-2-5-16(17)26-13)21(25)23-15-10-8-14(9-11-15)22-20(24)18-7-4-12-28-18/h2-13,19H,1H3,(H,22,24)(H,23,25). The largest absolute Gasteiger partial charge is 0.482 e. The second-order valence-corrected chi connectivity index (χ2v) is 7.25. The highest BCUT2D eigenvalue weighted by Gasteiger charge is 2.34. The van der Waals surface area contributed by atoms with Crippen LogP contribution in [0.3, 0.4) is 0 Å². The molecule has 0 radical (unpaired) electrons. The molecule has 142 valence electrons. The van der Waals surface area contributed by atoms with Gasteiger partial charge in [-0.25, -0.2) is 0 Å². The number of rotatable bonds is 4. The lowest BCUT2D eigenvalue weighted by molar-refractivity contribution is -0.128. The van der Waals surface area contributed by atoms with E-state index in [9.17, 15) is 9.59 Å². The predicted octanol–water partition coefficient (Wildman–Crippen LogP) is 4.17.